The van der Waals surface area contributed by atoms with Crippen LogP contribution in [0.3, 0.4) is 0 Å². The summed E-state index contributed by atoms with van der Waals surface area (Å²) in [5.41, 5.74) is -0.269. The summed E-state index contributed by atoms with van der Waals surface area (Å²) in [6.07, 6.45) is 1.44. The van der Waals surface area contributed by atoms with Crippen molar-refractivity contribution in [3.8, 4) is 5.88 Å². The van der Waals surface area contributed by atoms with E-state index in [9.17, 15) is 8.42 Å². The highest BCUT2D eigenvalue weighted by Crippen LogP contribution is 2.23. The number of pyridine rings is 1. The number of nitrogens with zero attached hydrogens (tertiary/aromatic N) is 1. The topological polar surface area (TPSA) is 65.5 Å². The third-order valence-corrected chi connectivity index (χ3v) is 3.19. The first-order chi connectivity index (χ1) is 8.20. The van der Waals surface area contributed by atoms with Crippen LogP contribution >= 0.6 is 10.7 Å². The molecular formula is C11H16ClNO4S. The van der Waals surface area contributed by atoms with Crippen LogP contribution in [-0.4, -0.2) is 32.2 Å². The van der Waals surface area contributed by atoms with Crippen LogP contribution in [0, 0.1) is 0 Å². The SMILES string of the molecule is CC(C)(C)OCCOc1ncccc1S(=O)(=O)Cl. The summed E-state index contributed by atoms with van der Waals surface area (Å²) in [6, 6.07) is 2.82. The van der Waals surface area contributed by atoms with Gasteiger partial charge in [0.15, 0.2) is 0 Å². The Bertz CT molecular complexity index is 496. The van der Waals surface area contributed by atoms with Crippen molar-refractivity contribution in [2.75, 3.05) is 13.2 Å². The van der Waals surface area contributed by atoms with Gasteiger partial charge in [-0.05, 0) is 32.9 Å². The molecule has 0 aromatic carbocycles. The molecule has 5 nitrogen and oxygen atoms in total. The van der Waals surface area contributed by atoms with Gasteiger partial charge in [-0.2, -0.15) is 0 Å². The van der Waals surface area contributed by atoms with Gasteiger partial charge < -0.3 is 9.47 Å². The zero-order valence-electron chi connectivity index (χ0n) is 10.5. The Morgan fingerprint density at radius 1 is 1.33 bits per heavy atom. The Kier molecular flexibility index (Phi) is 4.95. The third kappa shape index (κ3) is 5.20. The molecule has 0 N–H and O–H groups in total. The van der Waals surface area contributed by atoms with Crippen LogP contribution in [0.5, 0.6) is 5.88 Å². The number of rotatable bonds is 5. The molecule has 0 atom stereocenters. The predicted octanol–water partition coefficient (Wildman–Crippen LogP) is 2.20. The summed E-state index contributed by atoms with van der Waals surface area (Å²) in [4.78, 5) is 3.70. The van der Waals surface area contributed by atoms with Crippen molar-refractivity contribution in [1.82, 2.24) is 4.98 Å². The Balaban J connectivity index is 2.64. The molecule has 102 valence electrons. The second-order valence-corrected chi connectivity index (χ2v) is 7.09. The Morgan fingerprint density at radius 2 is 2.00 bits per heavy atom. The molecule has 0 saturated carbocycles. The molecule has 1 aromatic heterocycles. The van der Waals surface area contributed by atoms with Gasteiger partial charge in [0.2, 0.25) is 5.88 Å². The van der Waals surface area contributed by atoms with Gasteiger partial charge in [0.05, 0.1) is 12.2 Å². The monoisotopic (exact) mass is 293 g/mol. The van der Waals surface area contributed by atoms with Crippen molar-refractivity contribution < 1.29 is 17.9 Å². The van der Waals surface area contributed by atoms with Crippen molar-refractivity contribution in [3.63, 3.8) is 0 Å². The van der Waals surface area contributed by atoms with E-state index in [0.717, 1.165) is 0 Å². The van der Waals surface area contributed by atoms with Crippen LogP contribution in [0.1, 0.15) is 20.8 Å². The summed E-state index contributed by atoms with van der Waals surface area (Å²) >= 11 is 0. The zero-order valence-corrected chi connectivity index (χ0v) is 12.1. The van der Waals surface area contributed by atoms with E-state index in [1.807, 2.05) is 20.8 Å². The lowest BCUT2D eigenvalue weighted by Gasteiger charge is -2.19. The van der Waals surface area contributed by atoms with Crippen LogP contribution in [0.15, 0.2) is 23.2 Å². The molecule has 1 rings (SSSR count). The van der Waals surface area contributed by atoms with Crippen LogP contribution in [0.25, 0.3) is 0 Å². The van der Waals surface area contributed by atoms with Crippen LogP contribution in [0.2, 0.25) is 0 Å². The minimum Gasteiger partial charge on any atom is -0.474 e. The number of hydrogen-bond acceptors (Lipinski definition) is 5. The summed E-state index contributed by atoms with van der Waals surface area (Å²) in [5.74, 6) is -0.00925. The molecule has 0 fully saturated rings. The summed E-state index contributed by atoms with van der Waals surface area (Å²) in [5, 5.41) is 0. The van der Waals surface area contributed by atoms with Crippen molar-refractivity contribution in [3.05, 3.63) is 18.3 Å². The Morgan fingerprint density at radius 3 is 2.56 bits per heavy atom. The number of hydrogen-bond donors (Lipinski definition) is 0. The molecule has 0 aliphatic heterocycles. The molecule has 1 aromatic rings. The molecule has 18 heavy (non-hydrogen) atoms. The lowest BCUT2D eigenvalue weighted by Crippen LogP contribution is -2.22. The van der Waals surface area contributed by atoms with Crippen LogP contribution in [-0.2, 0) is 13.8 Å². The van der Waals surface area contributed by atoms with E-state index < -0.39 is 9.05 Å². The lowest BCUT2D eigenvalue weighted by atomic mass is 10.2. The maximum Gasteiger partial charge on any atom is 0.266 e. The molecule has 0 aliphatic carbocycles. The highest BCUT2D eigenvalue weighted by molar-refractivity contribution is 8.13. The fourth-order valence-corrected chi connectivity index (χ4v) is 2.07. The average molecular weight is 294 g/mol. The number of ether oxygens (including phenoxy) is 2. The molecule has 0 radical (unpaired) electrons. The van der Waals surface area contributed by atoms with Gasteiger partial charge in [-0.25, -0.2) is 13.4 Å². The first-order valence-electron chi connectivity index (χ1n) is 5.36. The summed E-state index contributed by atoms with van der Waals surface area (Å²) in [6.45, 7) is 6.29. The minimum absolute atomic E-state index is 0.00925. The standard InChI is InChI=1S/C11H16ClNO4S/c1-11(2,3)17-8-7-16-10-9(18(12,14)15)5-4-6-13-10/h4-6H,7-8H2,1-3H3. The molecule has 7 heteroatoms. The predicted molar refractivity (Wildman–Crippen MR) is 68.5 cm³/mol. The van der Waals surface area contributed by atoms with Gasteiger partial charge in [0, 0.05) is 16.9 Å². The van der Waals surface area contributed by atoms with Gasteiger partial charge in [-0.15, -0.1) is 0 Å². The second kappa shape index (κ2) is 5.86. The largest absolute Gasteiger partial charge is 0.474 e. The smallest absolute Gasteiger partial charge is 0.266 e. The molecule has 1 heterocycles. The van der Waals surface area contributed by atoms with Gasteiger partial charge in [-0.1, -0.05) is 0 Å². The average Bonchev–Trinajstić information content (AvgIpc) is 2.22. The van der Waals surface area contributed by atoms with E-state index in [1.54, 1.807) is 0 Å². The molecule has 0 saturated heterocycles. The van der Waals surface area contributed by atoms with Crippen LogP contribution in [0.4, 0.5) is 0 Å². The third-order valence-electron chi connectivity index (χ3n) is 1.86. The fourth-order valence-electron chi connectivity index (χ4n) is 1.16. The lowest BCUT2D eigenvalue weighted by molar-refractivity contribution is -0.0171. The molecule has 0 amide bonds. The summed E-state index contributed by atoms with van der Waals surface area (Å²) < 4.78 is 33.2. The normalized spacial score (nSPS) is 12.4. The van der Waals surface area contributed by atoms with E-state index >= 15 is 0 Å². The van der Waals surface area contributed by atoms with E-state index in [1.165, 1.54) is 18.3 Å². The Labute approximate surface area is 112 Å². The highest BCUT2D eigenvalue weighted by atomic mass is 35.7. The maximum atomic E-state index is 11.3. The fraction of sp³-hybridized carbons (Fsp3) is 0.545. The highest BCUT2D eigenvalue weighted by Gasteiger charge is 2.17. The Hall–Kier alpha value is -0.850. The second-order valence-electron chi connectivity index (χ2n) is 4.55. The van der Waals surface area contributed by atoms with Crippen LogP contribution < -0.4 is 4.74 Å². The van der Waals surface area contributed by atoms with E-state index in [2.05, 4.69) is 4.98 Å². The zero-order chi connectivity index (χ0) is 13.8. The molecule has 0 spiro atoms. The van der Waals surface area contributed by atoms with Crippen molar-refractivity contribution in [2.24, 2.45) is 0 Å². The van der Waals surface area contributed by atoms with Crippen molar-refractivity contribution >= 4 is 19.7 Å². The van der Waals surface area contributed by atoms with E-state index in [0.29, 0.717) is 6.61 Å². The molecule has 0 bridgehead atoms. The van der Waals surface area contributed by atoms with Gasteiger partial charge in [0.1, 0.15) is 11.5 Å². The van der Waals surface area contributed by atoms with E-state index in [4.69, 9.17) is 20.2 Å². The quantitative estimate of drug-likeness (QED) is 0.615. The maximum absolute atomic E-state index is 11.3. The first-order valence-corrected chi connectivity index (χ1v) is 7.67. The minimum atomic E-state index is -3.86. The van der Waals surface area contributed by atoms with E-state index in [-0.39, 0.29) is 23.0 Å². The molecule has 0 aliphatic rings. The molecule has 0 unspecified atom stereocenters. The van der Waals surface area contributed by atoms with Crippen molar-refractivity contribution in [1.29, 1.82) is 0 Å². The van der Waals surface area contributed by atoms with Gasteiger partial charge in [0.25, 0.3) is 9.05 Å². The summed E-state index contributed by atoms with van der Waals surface area (Å²) in [7, 11) is 1.41. The number of aromatic nitrogens is 1. The van der Waals surface area contributed by atoms with Gasteiger partial charge in [-0.3, -0.25) is 0 Å². The van der Waals surface area contributed by atoms with Gasteiger partial charge >= 0.3 is 0 Å². The van der Waals surface area contributed by atoms with Crippen molar-refractivity contribution in [2.45, 2.75) is 31.3 Å². The molecular weight excluding hydrogens is 278 g/mol. The first kappa shape index (κ1) is 15.2. The number of halogens is 1.